The topological polar surface area (TPSA) is 114 Å². The van der Waals surface area contributed by atoms with E-state index in [4.69, 9.17) is 10.5 Å². The zero-order chi connectivity index (χ0) is 28.7. The Kier molecular flexibility index (Phi) is 11.4. The highest BCUT2D eigenvalue weighted by Gasteiger charge is 2.41. The third kappa shape index (κ3) is 8.32. The molecule has 0 aliphatic heterocycles. The molecule has 0 spiro atoms. The Morgan fingerprint density at radius 1 is 1.11 bits per heavy atom. The second kappa shape index (κ2) is 13.1. The van der Waals surface area contributed by atoms with Gasteiger partial charge in [-0.05, 0) is 49.9 Å². The van der Waals surface area contributed by atoms with Gasteiger partial charge >= 0.3 is 5.97 Å². The lowest BCUT2D eigenvalue weighted by atomic mass is 9.76. The standard InChI is InChI=1S/C29H48N4O4/c1-12-37-27(36)19(4)16-22(18(2)3)33(11)26(35)24(28(5,6)7)32-25(34)23(31-10)29(8,9)20-14-13-15-21(30)17-20/h13-18,22-24,31H,12,30H2,1-11H3,(H,32,34)/t22?,23-,24+/m1/s1. The van der Waals surface area contributed by atoms with Crippen LogP contribution in [0.4, 0.5) is 5.69 Å². The number of hydrogen-bond acceptors (Lipinski definition) is 6. The van der Waals surface area contributed by atoms with Crippen LogP contribution in [-0.4, -0.2) is 61.5 Å². The fourth-order valence-corrected chi connectivity index (χ4v) is 4.47. The van der Waals surface area contributed by atoms with E-state index < -0.39 is 28.9 Å². The Bertz CT molecular complexity index is 978. The van der Waals surface area contributed by atoms with Gasteiger partial charge in [0.2, 0.25) is 11.8 Å². The first kappa shape index (κ1) is 32.2. The van der Waals surface area contributed by atoms with Gasteiger partial charge in [0.1, 0.15) is 6.04 Å². The van der Waals surface area contributed by atoms with Crippen molar-refractivity contribution in [2.24, 2.45) is 11.3 Å². The van der Waals surface area contributed by atoms with Crippen LogP contribution in [0, 0.1) is 11.3 Å². The first-order chi connectivity index (χ1) is 17.0. The van der Waals surface area contributed by atoms with E-state index in [9.17, 15) is 14.4 Å². The molecule has 0 aromatic heterocycles. The van der Waals surface area contributed by atoms with Gasteiger partial charge in [0.15, 0.2) is 0 Å². The van der Waals surface area contributed by atoms with Gasteiger partial charge < -0.3 is 26.0 Å². The largest absolute Gasteiger partial charge is 0.463 e. The molecule has 0 heterocycles. The summed E-state index contributed by atoms with van der Waals surface area (Å²) in [7, 11) is 3.44. The summed E-state index contributed by atoms with van der Waals surface area (Å²) >= 11 is 0. The number of benzene rings is 1. The van der Waals surface area contributed by atoms with Crippen molar-refractivity contribution in [3.8, 4) is 0 Å². The fourth-order valence-electron chi connectivity index (χ4n) is 4.47. The lowest BCUT2D eigenvalue weighted by Crippen LogP contribution is -2.61. The van der Waals surface area contributed by atoms with Gasteiger partial charge in [-0.1, -0.05) is 66.7 Å². The Morgan fingerprint density at radius 3 is 2.16 bits per heavy atom. The van der Waals surface area contributed by atoms with E-state index in [1.807, 2.05) is 66.7 Å². The van der Waals surface area contributed by atoms with Crippen molar-refractivity contribution in [3.63, 3.8) is 0 Å². The monoisotopic (exact) mass is 516 g/mol. The number of esters is 1. The highest BCUT2D eigenvalue weighted by molar-refractivity contribution is 5.92. The zero-order valence-electron chi connectivity index (χ0n) is 24.6. The Hall–Kier alpha value is -2.87. The number of carbonyl (C=O) groups is 3. The number of anilines is 1. The van der Waals surface area contributed by atoms with Gasteiger partial charge in [0.25, 0.3) is 0 Å². The van der Waals surface area contributed by atoms with Gasteiger partial charge in [-0.3, -0.25) is 9.59 Å². The molecule has 8 nitrogen and oxygen atoms in total. The molecule has 0 fully saturated rings. The average Bonchev–Trinajstić information content (AvgIpc) is 2.79. The van der Waals surface area contributed by atoms with Crippen LogP contribution >= 0.6 is 0 Å². The molecule has 0 aliphatic carbocycles. The lowest BCUT2D eigenvalue weighted by molar-refractivity contribution is -0.141. The van der Waals surface area contributed by atoms with Crippen molar-refractivity contribution in [1.82, 2.24) is 15.5 Å². The number of nitrogens with two attached hydrogens (primary N) is 1. The van der Waals surface area contributed by atoms with E-state index in [1.54, 1.807) is 45.0 Å². The minimum absolute atomic E-state index is 0.0298. The van der Waals surface area contributed by atoms with Crippen LogP contribution in [0.15, 0.2) is 35.9 Å². The molecule has 1 rings (SSSR count). The Balaban J connectivity index is 3.31. The molecule has 0 saturated heterocycles. The van der Waals surface area contributed by atoms with Crippen molar-refractivity contribution < 1.29 is 19.1 Å². The maximum absolute atomic E-state index is 13.9. The van der Waals surface area contributed by atoms with E-state index >= 15 is 0 Å². The highest BCUT2D eigenvalue weighted by Crippen LogP contribution is 2.30. The zero-order valence-corrected chi connectivity index (χ0v) is 24.6. The molecule has 0 bridgehead atoms. The molecule has 1 aromatic carbocycles. The van der Waals surface area contributed by atoms with E-state index in [-0.39, 0.29) is 30.4 Å². The van der Waals surface area contributed by atoms with E-state index in [1.165, 1.54) is 0 Å². The molecular weight excluding hydrogens is 468 g/mol. The van der Waals surface area contributed by atoms with Crippen LogP contribution in [0.5, 0.6) is 0 Å². The molecule has 1 aromatic rings. The number of hydrogen-bond donors (Lipinski definition) is 3. The molecule has 4 N–H and O–H groups in total. The molecule has 1 unspecified atom stereocenters. The number of nitrogens with one attached hydrogen (secondary N) is 2. The van der Waals surface area contributed by atoms with Gasteiger partial charge in [-0.15, -0.1) is 0 Å². The molecular formula is C29H48N4O4. The summed E-state index contributed by atoms with van der Waals surface area (Å²) in [6, 6.07) is 5.71. The second-order valence-electron chi connectivity index (χ2n) is 11.6. The van der Waals surface area contributed by atoms with E-state index in [2.05, 4.69) is 10.6 Å². The van der Waals surface area contributed by atoms with Crippen LogP contribution in [0.3, 0.4) is 0 Å². The Labute approximate surface area is 223 Å². The normalized spacial score (nSPS) is 15.1. The molecule has 0 saturated carbocycles. The first-order valence-electron chi connectivity index (χ1n) is 12.9. The average molecular weight is 517 g/mol. The molecule has 0 radical (unpaired) electrons. The van der Waals surface area contributed by atoms with Crippen molar-refractivity contribution in [1.29, 1.82) is 0 Å². The maximum Gasteiger partial charge on any atom is 0.333 e. The van der Waals surface area contributed by atoms with Crippen LogP contribution in [0.1, 0.15) is 67.9 Å². The summed E-state index contributed by atoms with van der Waals surface area (Å²) < 4.78 is 5.11. The minimum atomic E-state index is -0.796. The SMILES string of the molecule is CCOC(=O)C(C)=CC(C(C)C)N(C)C(=O)[C@H](NC(=O)[C@@H](NC)C(C)(C)c1cccc(N)c1)C(C)(C)C. The summed E-state index contributed by atoms with van der Waals surface area (Å²) in [4.78, 5) is 41.3. The van der Waals surface area contributed by atoms with Crippen LogP contribution in [0.2, 0.25) is 0 Å². The molecule has 8 heteroatoms. The van der Waals surface area contributed by atoms with E-state index in [0.29, 0.717) is 11.3 Å². The summed E-state index contributed by atoms with van der Waals surface area (Å²) in [6.45, 7) is 17.4. The molecule has 2 amide bonds. The molecule has 0 aliphatic rings. The Morgan fingerprint density at radius 2 is 1.70 bits per heavy atom. The van der Waals surface area contributed by atoms with Gasteiger partial charge in [0.05, 0.1) is 18.7 Å². The number of amides is 2. The van der Waals surface area contributed by atoms with Crippen molar-refractivity contribution in [2.75, 3.05) is 26.4 Å². The summed E-state index contributed by atoms with van der Waals surface area (Å²) in [5, 5.41) is 6.17. The van der Waals surface area contributed by atoms with Crippen LogP contribution in [-0.2, 0) is 24.5 Å². The molecule has 37 heavy (non-hydrogen) atoms. The molecule has 3 atom stereocenters. The summed E-state index contributed by atoms with van der Waals surface area (Å²) in [6.07, 6.45) is 1.77. The number of nitrogens with zero attached hydrogens (tertiary/aromatic N) is 1. The smallest absolute Gasteiger partial charge is 0.333 e. The second-order valence-corrected chi connectivity index (χ2v) is 11.6. The van der Waals surface area contributed by atoms with Crippen LogP contribution < -0.4 is 16.4 Å². The quantitative estimate of drug-likeness (QED) is 0.235. The first-order valence-corrected chi connectivity index (χ1v) is 12.9. The minimum Gasteiger partial charge on any atom is -0.463 e. The predicted octanol–water partition coefficient (Wildman–Crippen LogP) is 3.66. The summed E-state index contributed by atoms with van der Waals surface area (Å²) in [5.74, 6) is -0.891. The highest BCUT2D eigenvalue weighted by atomic mass is 16.5. The van der Waals surface area contributed by atoms with Gasteiger partial charge in [0, 0.05) is 23.7 Å². The van der Waals surface area contributed by atoms with Crippen molar-refractivity contribution >= 4 is 23.5 Å². The number of rotatable bonds is 11. The number of carbonyl (C=O) groups excluding carboxylic acids is 3. The maximum atomic E-state index is 13.9. The third-order valence-corrected chi connectivity index (χ3v) is 6.80. The number of nitrogen functional groups attached to an aromatic ring is 1. The molecule has 208 valence electrons. The van der Waals surface area contributed by atoms with Gasteiger partial charge in [-0.2, -0.15) is 0 Å². The third-order valence-electron chi connectivity index (χ3n) is 6.80. The number of likely N-dealkylation sites (N-methyl/N-ethyl adjacent to an activating group) is 2. The predicted molar refractivity (Wildman–Crippen MR) is 150 cm³/mol. The van der Waals surface area contributed by atoms with Gasteiger partial charge in [-0.25, -0.2) is 4.79 Å². The summed E-state index contributed by atoms with van der Waals surface area (Å²) in [5.41, 5.74) is 6.80. The van der Waals surface area contributed by atoms with Crippen LogP contribution in [0.25, 0.3) is 0 Å². The number of ether oxygens (including phenoxy) is 1. The van der Waals surface area contributed by atoms with Crippen molar-refractivity contribution in [2.45, 2.75) is 85.9 Å². The fraction of sp³-hybridized carbons (Fsp3) is 0.621. The van der Waals surface area contributed by atoms with E-state index in [0.717, 1.165) is 5.56 Å². The van der Waals surface area contributed by atoms with Crippen molar-refractivity contribution in [3.05, 3.63) is 41.5 Å². The lowest BCUT2D eigenvalue weighted by Gasteiger charge is -2.40.